The Morgan fingerprint density at radius 3 is 2.53 bits per heavy atom. The van der Waals surface area contributed by atoms with Crippen molar-refractivity contribution in [2.45, 2.75) is 12.8 Å². The van der Waals surface area contributed by atoms with Gasteiger partial charge in [-0.05, 0) is 47.0 Å². The number of carbonyl (C=O) groups is 2. The predicted molar refractivity (Wildman–Crippen MR) is 67.1 cm³/mol. The topological polar surface area (TPSA) is 66.4 Å². The van der Waals surface area contributed by atoms with Crippen molar-refractivity contribution in [3.05, 3.63) is 27.7 Å². The van der Waals surface area contributed by atoms with Crippen LogP contribution in [-0.2, 0) is 9.59 Å². The van der Waals surface area contributed by atoms with Crippen LogP contribution < -0.4 is 5.32 Å². The zero-order valence-corrected chi connectivity index (χ0v) is 11.0. The van der Waals surface area contributed by atoms with Crippen LogP contribution in [0.5, 0.6) is 0 Å². The first-order chi connectivity index (χ1) is 7.95. The fourth-order valence-electron chi connectivity index (χ4n) is 1.49. The minimum absolute atomic E-state index is 0.392. The summed E-state index contributed by atoms with van der Waals surface area (Å²) in [6, 6.07) is 4.89. The lowest BCUT2D eigenvalue weighted by atomic mass is 10.1. The van der Waals surface area contributed by atoms with Gasteiger partial charge >= 0.3 is 5.97 Å². The first-order valence-electron chi connectivity index (χ1n) is 4.95. The molecule has 1 fully saturated rings. The lowest BCUT2D eigenvalue weighted by Gasteiger charge is -2.11. The molecule has 0 aromatic heterocycles. The minimum atomic E-state index is -1.23. The summed E-state index contributed by atoms with van der Waals surface area (Å²) in [5.41, 5.74) is -0.703. The van der Waals surface area contributed by atoms with E-state index in [1.54, 1.807) is 18.2 Å². The van der Waals surface area contributed by atoms with E-state index in [0.717, 1.165) is 0 Å². The highest BCUT2D eigenvalue weighted by Crippen LogP contribution is 2.46. The van der Waals surface area contributed by atoms with Gasteiger partial charge < -0.3 is 10.4 Å². The molecule has 1 aliphatic carbocycles. The summed E-state index contributed by atoms with van der Waals surface area (Å²) in [6.45, 7) is 0. The highest BCUT2D eigenvalue weighted by molar-refractivity contribution is 9.10. The van der Waals surface area contributed by atoms with Crippen molar-refractivity contribution in [2.24, 2.45) is 5.41 Å². The summed E-state index contributed by atoms with van der Waals surface area (Å²) in [5, 5.41) is 12.1. The normalized spacial score (nSPS) is 16.4. The fraction of sp³-hybridized carbons (Fsp3) is 0.273. The summed E-state index contributed by atoms with van der Waals surface area (Å²) < 4.78 is 0.650. The second kappa shape index (κ2) is 4.31. The van der Waals surface area contributed by atoms with Crippen molar-refractivity contribution in [2.75, 3.05) is 5.32 Å². The van der Waals surface area contributed by atoms with Crippen molar-refractivity contribution in [1.82, 2.24) is 0 Å². The van der Waals surface area contributed by atoms with Crippen LogP contribution >= 0.6 is 27.5 Å². The number of hydrogen-bond donors (Lipinski definition) is 2. The third kappa shape index (κ3) is 2.30. The molecule has 0 spiro atoms. The molecule has 0 saturated heterocycles. The number of carboxylic acids is 1. The van der Waals surface area contributed by atoms with E-state index in [1.165, 1.54) is 0 Å². The van der Waals surface area contributed by atoms with Gasteiger partial charge in [0.2, 0.25) is 5.91 Å². The van der Waals surface area contributed by atoms with Crippen molar-refractivity contribution in [3.8, 4) is 0 Å². The molecule has 0 heterocycles. The Bertz CT molecular complexity index is 499. The molecule has 0 radical (unpaired) electrons. The fourth-order valence-corrected chi connectivity index (χ4v) is 1.98. The van der Waals surface area contributed by atoms with Gasteiger partial charge in [0.25, 0.3) is 0 Å². The molecule has 1 aromatic carbocycles. The molecule has 4 nitrogen and oxygen atoms in total. The van der Waals surface area contributed by atoms with Crippen LogP contribution in [0, 0.1) is 5.41 Å². The maximum Gasteiger partial charge on any atom is 0.319 e. The molecule has 1 aliphatic rings. The number of amides is 1. The molecule has 0 atom stereocenters. The van der Waals surface area contributed by atoms with Crippen LogP contribution in [0.4, 0.5) is 5.69 Å². The zero-order chi connectivity index (χ0) is 12.6. The lowest BCUT2D eigenvalue weighted by Crippen LogP contribution is -2.31. The Morgan fingerprint density at radius 2 is 2.06 bits per heavy atom. The molecule has 1 amide bonds. The van der Waals surface area contributed by atoms with Crippen LogP contribution in [0.1, 0.15) is 12.8 Å². The highest BCUT2D eigenvalue weighted by Gasteiger charge is 2.57. The molecule has 0 aliphatic heterocycles. The van der Waals surface area contributed by atoms with Gasteiger partial charge in [-0.3, -0.25) is 9.59 Å². The molecule has 0 bridgehead atoms. The molecular weight excluding hydrogens is 309 g/mol. The van der Waals surface area contributed by atoms with E-state index >= 15 is 0 Å². The third-order valence-corrected chi connectivity index (χ3v) is 3.99. The van der Waals surface area contributed by atoms with Crippen molar-refractivity contribution in [3.63, 3.8) is 0 Å². The molecule has 0 unspecified atom stereocenters. The van der Waals surface area contributed by atoms with E-state index in [9.17, 15) is 9.59 Å². The van der Waals surface area contributed by atoms with E-state index in [1.807, 2.05) is 0 Å². The minimum Gasteiger partial charge on any atom is -0.480 e. The average Bonchev–Trinajstić information content (AvgIpc) is 3.04. The van der Waals surface area contributed by atoms with Gasteiger partial charge in [0.15, 0.2) is 0 Å². The van der Waals surface area contributed by atoms with Gasteiger partial charge in [-0.1, -0.05) is 11.6 Å². The van der Waals surface area contributed by atoms with E-state index in [4.69, 9.17) is 16.7 Å². The third-order valence-electron chi connectivity index (χ3n) is 2.77. The van der Waals surface area contributed by atoms with Gasteiger partial charge in [-0.2, -0.15) is 0 Å². The van der Waals surface area contributed by atoms with E-state index in [-0.39, 0.29) is 0 Å². The SMILES string of the molecule is O=C(O)C1(C(=O)Nc2ccc(Cl)c(Br)c2)CC1. The zero-order valence-electron chi connectivity index (χ0n) is 8.67. The maximum atomic E-state index is 11.8. The first-order valence-corrected chi connectivity index (χ1v) is 6.13. The quantitative estimate of drug-likeness (QED) is 0.842. The van der Waals surface area contributed by atoms with Crippen LogP contribution in [0.3, 0.4) is 0 Å². The van der Waals surface area contributed by atoms with Crippen molar-refractivity contribution < 1.29 is 14.7 Å². The van der Waals surface area contributed by atoms with Crippen LogP contribution in [0.25, 0.3) is 0 Å². The van der Waals surface area contributed by atoms with Crippen LogP contribution in [-0.4, -0.2) is 17.0 Å². The summed E-state index contributed by atoms with van der Waals surface area (Å²) >= 11 is 9.05. The smallest absolute Gasteiger partial charge is 0.319 e. The van der Waals surface area contributed by atoms with Gasteiger partial charge in [0.05, 0.1) is 5.02 Å². The molecule has 1 aromatic rings. The standard InChI is InChI=1S/C11H9BrClNO3/c12-7-5-6(1-2-8(7)13)14-9(15)11(3-4-11)10(16)17/h1-2,5H,3-4H2,(H,14,15)(H,16,17). The van der Waals surface area contributed by atoms with Crippen molar-refractivity contribution in [1.29, 1.82) is 0 Å². The number of halogens is 2. The monoisotopic (exact) mass is 317 g/mol. The van der Waals surface area contributed by atoms with E-state index in [0.29, 0.717) is 28.0 Å². The summed E-state index contributed by atoms with van der Waals surface area (Å²) in [5.74, 6) is -1.54. The number of rotatable bonds is 3. The Hall–Kier alpha value is -1.07. The Balaban J connectivity index is 2.14. The Kier molecular flexibility index (Phi) is 3.14. The molecule has 6 heteroatoms. The molecule has 2 rings (SSSR count). The predicted octanol–water partition coefficient (Wildman–Crippen LogP) is 2.91. The van der Waals surface area contributed by atoms with Gasteiger partial charge in [-0.15, -0.1) is 0 Å². The van der Waals surface area contributed by atoms with Crippen LogP contribution in [0.15, 0.2) is 22.7 Å². The average molecular weight is 319 g/mol. The highest BCUT2D eigenvalue weighted by atomic mass is 79.9. The number of anilines is 1. The summed E-state index contributed by atoms with van der Waals surface area (Å²) in [6.07, 6.45) is 0.784. The van der Waals surface area contributed by atoms with E-state index in [2.05, 4.69) is 21.2 Å². The molecule has 17 heavy (non-hydrogen) atoms. The van der Waals surface area contributed by atoms with E-state index < -0.39 is 17.3 Å². The molecular formula is C11H9BrClNO3. The second-order valence-corrected chi connectivity index (χ2v) is 5.23. The lowest BCUT2D eigenvalue weighted by molar-refractivity contribution is -0.147. The molecule has 1 saturated carbocycles. The molecule has 2 N–H and O–H groups in total. The number of carbonyl (C=O) groups excluding carboxylic acids is 1. The van der Waals surface area contributed by atoms with Gasteiger partial charge in [0, 0.05) is 10.2 Å². The first kappa shape index (κ1) is 12.4. The Morgan fingerprint density at radius 1 is 1.41 bits per heavy atom. The number of aliphatic carboxylic acids is 1. The number of hydrogen-bond acceptors (Lipinski definition) is 2. The van der Waals surface area contributed by atoms with Gasteiger partial charge in [-0.25, -0.2) is 0 Å². The Labute approximate surface area is 111 Å². The maximum absolute atomic E-state index is 11.8. The number of benzene rings is 1. The van der Waals surface area contributed by atoms with Crippen molar-refractivity contribution >= 4 is 45.1 Å². The van der Waals surface area contributed by atoms with Gasteiger partial charge in [0.1, 0.15) is 5.41 Å². The number of nitrogens with one attached hydrogen (secondary N) is 1. The molecule has 90 valence electrons. The number of carboxylic acid groups (broad SMARTS) is 1. The summed E-state index contributed by atoms with van der Waals surface area (Å²) in [4.78, 5) is 22.7. The summed E-state index contributed by atoms with van der Waals surface area (Å²) in [7, 11) is 0. The largest absolute Gasteiger partial charge is 0.480 e. The second-order valence-electron chi connectivity index (χ2n) is 3.97. The van der Waals surface area contributed by atoms with Crippen LogP contribution in [0.2, 0.25) is 5.02 Å².